The lowest BCUT2D eigenvalue weighted by molar-refractivity contribution is -0.153. The Kier molecular flexibility index (Phi) is 5.43. The summed E-state index contributed by atoms with van der Waals surface area (Å²) in [6, 6.07) is 9.04. The van der Waals surface area contributed by atoms with Crippen LogP contribution in [0.1, 0.15) is 17.5 Å². The molecule has 0 bridgehead atoms. The number of nitrogens with zero attached hydrogens (tertiary/aromatic N) is 1. The molecule has 1 fully saturated rings. The molecular formula is C27H27N3O7. The molecule has 10 heteroatoms. The third kappa shape index (κ3) is 3.29. The lowest BCUT2D eigenvalue weighted by atomic mass is 9.57. The number of phenols is 1. The van der Waals surface area contributed by atoms with E-state index in [0.29, 0.717) is 16.8 Å². The number of nitrogens with two attached hydrogens (primary N) is 2. The highest BCUT2D eigenvalue weighted by Gasteiger charge is 2.64. The Hall–Kier alpha value is -4.15. The van der Waals surface area contributed by atoms with Crippen molar-refractivity contribution >= 4 is 28.9 Å². The Morgan fingerprint density at radius 3 is 2.30 bits per heavy atom. The first kappa shape index (κ1) is 24.5. The summed E-state index contributed by atoms with van der Waals surface area (Å²) in [6.45, 7) is 0. The Bertz CT molecular complexity index is 1440. The fourth-order valence-electron chi connectivity index (χ4n) is 6.18. The number of Topliss-reactive ketones (excluding diaryl/α,β-unsaturated/α-hetero) is 2. The van der Waals surface area contributed by atoms with Crippen molar-refractivity contribution in [1.29, 1.82) is 0 Å². The molecule has 0 spiro atoms. The molecule has 3 aliphatic carbocycles. The summed E-state index contributed by atoms with van der Waals surface area (Å²) in [4.78, 5) is 40.5. The number of amides is 1. The second-order valence-corrected chi connectivity index (χ2v) is 10.1. The Labute approximate surface area is 212 Å². The minimum absolute atomic E-state index is 0.0304. The van der Waals surface area contributed by atoms with Gasteiger partial charge in [-0.05, 0) is 67.7 Å². The van der Waals surface area contributed by atoms with Crippen molar-refractivity contribution in [2.45, 2.75) is 24.5 Å². The van der Waals surface area contributed by atoms with Crippen molar-refractivity contribution in [3.63, 3.8) is 0 Å². The van der Waals surface area contributed by atoms with E-state index in [2.05, 4.69) is 0 Å². The number of benzene rings is 2. The van der Waals surface area contributed by atoms with Crippen molar-refractivity contribution in [2.24, 2.45) is 17.6 Å². The van der Waals surface area contributed by atoms with Gasteiger partial charge in [-0.2, -0.15) is 0 Å². The summed E-state index contributed by atoms with van der Waals surface area (Å²) >= 11 is 0. The van der Waals surface area contributed by atoms with Crippen molar-refractivity contribution in [3.8, 4) is 16.9 Å². The van der Waals surface area contributed by atoms with Crippen LogP contribution in [0.15, 0.2) is 53.3 Å². The number of hydrogen-bond acceptors (Lipinski definition) is 9. The highest BCUT2D eigenvalue weighted by atomic mass is 16.3. The van der Waals surface area contributed by atoms with Crippen molar-refractivity contribution in [1.82, 2.24) is 4.90 Å². The van der Waals surface area contributed by atoms with Gasteiger partial charge in [-0.3, -0.25) is 19.3 Å². The van der Waals surface area contributed by atoms with Crippen LogP contribution in [0.4, 0.5) is 5.69 Å². The standard InChI is InChI=1S/C27H27N3O7/c1-30(2)21-16-10-12-9-15-14(11-3-5-13(28)6-4-11)7-8-17(31)19(15)22(32)18(12)24(34)27(16,37)25(35)20(23(21)33)26(29)36/h3-8,12,16,21,31-32,35,37H,9-10,28H2,1-2H3,(H2,29,36). The molecule has 0 aliphatic heterocycles. The van der Waals surface area contributed by atoms with Gasteiger partial charge in [0.2, 0.25) is 5.78 Å². The summed E-state index contributed by atoms with van der Waals surface area (Å²) in [6.07, 6.45) is 0.241. The van der Waals surface area contributed by atoms with Crippen LogP contribution in [0.25, 0.3) is 16.9 Å². The van der Waals surface area contributed by atoms with E-state index in [4.69, 9.17) is 11.5 Å². The van der Waals surface area contributed by atoms with Crippen LogP contribution in [0.5, 0.6) is 5.75 Å². The summed E-state index contributed by atoms with van der Waals surface area (Å²) in [7, 11) is 3.12. The largest absolute Gasteiger partial charge is 0.508 e. The van der Waals surface area contributed by atoms with Crippen molar-refractivity contribution in [2.75, 3.05) is 19.8 Å². The quantitative estimate of drug-likeness (QED) is 0.263. The average Bonchev–Trinajstić information content (AvgIpc) is 2.82. The minimum atomic E-state index is -2.66. The van der Waals surface area contributed by atoms with Crippen molar-refractivity contribution in [3.05, 3.63) is 64.4 Å². The first-order valence-corrected chi connectivity index (χ1v) is 11.7. The number of aliphatic hydroxyl groups excluding tert-OH is 2. The van der Waals surface area contributed by atoms with Gasteiger partial charge in [0.05, 0.1) is 11.6 Å². The summed E-state index contributed by atoms with van der Waals surface area (Å²) in [5, 5.41) is 44.5. The van der Waals surface area contributed by atoms with E-state index >= 15 is 0 Å². The van der Waals surface area contributed by atoms with E-state index in [1.54, 1.807) is 44.4 Å². The zero-order chi connectivity index (χ0) is 27.0. The molecule has 0 aromatic heterocycles. The average molecular weight is 506 g/mol. The number of hydrogen-bond donors (Lipinski definition) is 6. The van der Waals surface area contributed by atoms with Gasteiger partial charge in [0.1, 0.15) is 22.8 Å². The lowest BCUT2D eigenvalue weighted by Crippen LogP contribution is -2.65. The highest BCUT2D eigenvalue weighted by molar-refractivity contribution is 6.24. The number of carbonyl (C=O) groups excluding carboxylic acids is 3. The Balaban J connectivity index is 1.74. The number of ketones is 2. The van der Waals surface area contributed by atoms with Gasteiger partial charge in [0.25, 0.3) is 5.91 Å². The smallest absolute Gasteiger partial charge is 0.255 e. The van der Waals surface area contributed by atoms with Crippen molar-refractivity contribution < 1.29 is 34.8 Å². The van der Waals surface area contributed by atoms with Crippen LogP contribution in [0, 0.1) is 11.8 Å². The summed E-state index contributed by atoms with van der Waals surface area (Å²) in [5.41, 5.74) is 10.2. The molecule has 37 heavy (non-hydrogen) atoms. The van der Waals surface area contributed by atoms with Crippen LogP contribution in [0.3, 0.4) is 0 Å². The fourth-order valence-corrected chi connectivity index (χ4v) is 6.18. The third-order valence-electron chi connectivity index (χ3n) is 7.83. The van der Waals surface area contributed by atoms with Gasteiger partial charge in [-0.15, -0.1) is 0 Å². The van der Waals surface area contributed by atoms with Gasteiger partial charge in [0.15, 0.2) is 11.4 Å². The van der Waals surface area contributed by atoms with Crippen LogP contribution in [-0.2, 0) is 20.8 Å². The number of aliphatic hydroxyl groups is 3. The number of likely N-dealkylation sites (N-methyl/N-ethyl adjacent to an activating group) is 1. The predicted molar refractivity (Wildman–Crippen MR) is 134 cm³/mol. The van der Waals surface area contributed by atoms with Gasteiger partial charge < -0.3 is 31.9 Å². The monoisotopic (exact) mass is 505 g/mol. The van der Waals surface area contributed by atoms with E-state index in [1.165, 1.54) is 11.0 Å². The van der Waals surface area contributed by atoms with E-state index in [1.807, 2.05) is 0 Å². The third-order valence-corrected chi connectivity index (χ3v) is 7.83. The molecule has 1 saturated carbocycles. The Morgan fingerprint density at radius 2 is 1.70 bits per heavy atom. The molecule has 192 valence electrons. The van der Waals surface area contributed by atoms with Gasteiger partial charge in [-0.1, -0.05) is 18.2 Å². The number of nitrogen functional groups attached to an aromatic ring is 1. The molecule has 1 amide bonds. The van der Waals surface area contributed by atoms with E-state index in [0.717, 1.165) is 5.56 Å². The number of aromatic hydroxyl groups is 1. The molecular weight excluding hydrogens is 478 g/mol. The minimum Gasteiger partial charge on any atom is -0.508 e. The second kappa shape index (κ2) is 8.19. The van der Waals surface area contributed by atoms with Crippen LogP contribution in [-0.4, -0.2) is 68.5 Å². The van der Waals surface area contributed by atoms with Gasteiger partial charge in [-0.25, -0.2) is 0 Å². The molecule has 4 unspecified atom stereocenters. The SMILES string of the molecule is CN(C)C1C(=O)C(C(N)=O)=C(O)C2(O)C(=O)C3=C(O)c4c(O)ccc(-c5ccc(N)cc5)c4CC3CC12. The molecule has 3 aliphatic rings. The first-order chi connectivity index (χ1) is 17.4. The number of carbonyl (C=O) groups is 3. The van der Waals surface area contributed by atoms with Crippen LogP contribution >= 0.6 is 0 Å². The molecule has 5 rings (SSSR count). The zero-order valence-electron chi connectivity index (χ0n) is 20.2. The number of primary amides is 1. The molecule has 10 nitrogen and oxygen atoms in total. The molecule has 4 atom stereocenters. The molecule has 2 aromatic rings. The zero-order valence-corrected chi connectivity index (χ0v) is 20.2. The van der Waals surface area contributed by atoms with Gasteiger partial charge in [0, 0.05) is 17.2 Å². The molecule has 0 radical (unpaired) electrons. The van der Waals surface area contributed by atoms with E-state index in [-0.39, 0.29) is 29.7 Å². The van der Waals surface area contributed by atoms with Gasteiger partial charge >= 0.3 is 0 Å². The first-order valence-electron chi connectivity index (χ1n) is 11.7. The molecule has 2 aromatic carbocycles. The summed E-state index contributed by atoms with van der Waals surface area (Å²) in [5.74, 6) is -6.75. The lowest BCUT2D eigenvalue weighted by Gasteiger charge is -2.50. The molecule has 0 saturated heterocycles. The van der Waals surface area contributed by atoms with E-state index < -0.39 is 58.0 Å². The number of fused-ring (bicyclic) bond motifs is 3. The second-order valence-electron chi connectivity index (χ2n) is 10.1. The van der Waals surface area contributed by atoms with E-state index in [9.17, 15) is 34.8 Å². The predicted octanol–water partition coefficient (Wildman–Crippen LogP) is 1.21. The maximum absolute atomic E-state index is 13.9. The highest BCUT2D eigenvalue weighted by Crippen LogP contribution is 2.53. The maximum atomic E-state index is 13.9. The fraction of sp³-hybridized carbons (Fsp3) is 0.296. The van der Waals surface area contributed by atoms with Crippen LogP contribution < -0.4 is 11.5 Å². The molecule has 8 N–H and O–H groups in total. The van der Waals surface area contributed by atoms with Crippen LogP contribution in [0.2, 0.25) is 0 Å². The normalized spacial score (nSPS) is 27.2. The molecule has 0 heterocycles. The number of rotatable bonds is 3. The number of phenolic OH excluding ortho intramolecular Hbond substituents is 1. The topological polar surface area (TPSA) is 187 Å². The number of anilines is 1. The summed E-state index contributed by atoms with van der Waals surface area (Å²) < 4.78 is 0. The Morgan fingerprint density at radius 1 is 1.05 bits per heavy atom. The maximum Gasteiger partial charge on any atom is 0.255 e.